The van der Waals surface area contributed by atoms with Crippen LogP contribution in [-0.2, 0) is 0 Å². The number of anilines is 2. The molecule has 4 N–H and O–H groups in total. The van der Waals surface area contributed by atoms with Gasteiger partial charge in [-0.1, -0.05) is 11.6 Å². The highest BCUT2D eigenvalue weighted by Gasteiger charge is 2.11. The van der Waals surface area contributed by atoms with E-state index in [1.165, 1.54) is 7.11 Å². The molecule has 0 saturated heterocycles. The van der Waals surface area contributed by atoms with Crippen LogP contribution in [0.5, 0.6) is 5.75 Å². The van der Waals surface area contributed by atoms with E-state index in [9.17, 15) is 4.79 Å². The van der Waals surface area contributed by atoms with E-state index in [-0.39, 0.29) is 11.8 Å². The van der Waals surface area contributed by atoms with Crippen molar-refractivity contribution in [3.05, 3.63) is 29.0 Å². The van der Waals surface area contributed by atoms with Crippen molar-refractivity contribution < 1.29 is 9.53 Å². The summed E-state index contributed by atoms with van der Waals surface area (Å²) in [6, 6.07) is 4.87. The Labute approximate surface area is 107 Å². The third kappa shape index (κ3) is 2.51. The highest BCUT2D eigenvalue weighted by molar-refractivity contribution is 6.32. The van der Waals surface area contributed by atoms with E-state index in [1.54, 1.807) is 18.2 Å². The molecule has 2 aromatic rings. The number of aromatic nitrogens is 3. The third-order valence-corrected chi connectivity index (χ3v) is 2.42. The lowest BCUT2D eigenvalue weighted by Crippen LogP contribution is -2.13. The Morgan fingerprint density at radius 1 is 1.56 bits per heavy atom. The number of nitrogens with one attached hydrogen (secondary N) is 2. The van der Waals surface area contributed by atoms with E-state index in [1.807, 2.05) is 0 Å². The zero-order valence-corrected chi connectivity index (χ0v) is 10.2. The summed E-state index contributed by atoms with van der Waals surface area (Å²) in [7, 11) is 1.51. The van der Waals surface area contributed by atoms with Crippen LogP contribution in [0, 0.1) is 0 Å². The molecule has 0 bridgehead atoms. The van der Waals surface area contributed by atoms with Gasteiger partial charge in [-0.3, -0.25) is 9.89 Å². The molecule has 0 saturated carbocycles. The highest BCUT2D eigenvalue weighted by atomic mass is 35.5. The van der Waals surface area contributed by atoms with Crippen LogP contribution >= 0.6 is 11.6 Å². The summed E-state index contributed by atoms with van der Waals surface area (Å²) in [4.78, 5) is 15.4. The van der Waals surface area contributed by atoms with E-state index >= 15 is 0 Å². The standard InChI is InChI=1S/C10H10ClN5O2/c1-18-7-3-2-5(4-6(7)11)13-9(17)8-14-10(12)16-15-8/h2-4H,1H3,(H,13,17)(H3,12,14,15,16). The van der Waals surface area contributed by atoms with E-state index < -0.39 is 5.91 Å². The topological polar surface area (TPSA) is 106 Å². The molecule has 0 radical (unpaired) electrons. The number of rotatable bonds is 3. The van der Waals surface area contributed by atoms with Gasteiger partial charge in [-0.05, 0) is 18.2 Å². The molecule has 94 valence electrons. The second kappa shape index (κ2) is 4.92. The largest absolute Gasteiger partial charge is 0.495 e. The van der Waals surface area contributed by atoms with Gasteiger partial charge in [-0.15, -0.1) is 5.10 Å². The molecule has 18 heavy (non-hydrogen) atoms. The molecule has 0 atom stereocenters. The molecule has 0 aliphatic carbocycles. The predicted molar refractivity (Wildman–Crippen MR) is 66.8 cm³/mol. The minimum atomic E-state index is -0.458. The molecule has 1 heterocycles. The summed E-state index contributed by atoms with van der Waals surface area (Å²) in [6.45, 7) is 0. The van der Waals surface area contributed by atoms with Crippen LogP contribution in [0.15, 0.2) is 18.2 Å². The normalized spacial score (nSPS) is 10.1. The quantitative estimate of drug-likeness (QED) is 0.777. The van der Waals surface area contributed by atoms with Crippen LogP contribution < -0.4 is 15.8 Å². The van der Waals surface area contributed by atoms with Crippen LogP contribution in [0.3, 0.4) is 0 Å². The van der Waals surface area contributed by atoms with Crippen LogP contribution in [0.1, 0.15) is 10.6 Å². The van der Waals surface area contributed by atoms with E-state index in [0.717, 1.165) is 0 Å². The minimum absolute atomic E-state index is 0.00733. The molecule has 2 rings (SSSR count). The molecule has 8 heteroatoms. The second-order valence-corrected chi connectivity index (χ2v) is 3.75. The second-order valence-electron chi connectivity index (χ2n) is 3.35. The van der Waals surface area contributed by atoms with Crippen molar-refractivity contribution in [3.8, 4) is 5.75 Å². The molecule has 1 aromatic heterocycles. The number of ether oxygens (including phenoxy) is 1. The zero-order chi connectivity index (χ0) is 13.1. The number of H-pyrrole nitrogens is 1. The van der Waals surface area contributed by atoms with Gasteiger partial charge in [0.25, 0.3) is 5.91 Å². The van der Waals surface area contributed by atoms with Crippen LogP contribution in [0.25, 0.3) is 0 Å². The Morgan fingerprint density at radius 3 is 2.89 bits per heavy atom. The number of nitrogens with zero attached hydrogens (tertiary/aromatic N) is 2. The van der Waals surface area contributed by atoms with Crippen LogP contribution in [-0.4, -0.2) is 28.2 Å². The van der Waals surface area contributed by atoms with E-state index in [2.05, 4.69) is 20.5 Å². The van der Waals surface area contributed by atoms with Gasteiger partial charge in [-0.25, -0.2) is 0 Å². The van der Waals surface area contributed by atoms with Gasteiger partial charge in [0.15, 0.2) is 0 Å². The molecular weight excluding hydrogens is 258 g/mol. The Morgan fingerprint density at radius 2 is 2.33 bits per heavy atom. The Kier molecular flexibility index (Phi) is 3.33. The minimum Gasteiger partial charge on any atom is -0.495 e. The van der Waals surface area contributed by atoms with Crippen molar-refractivity contribution >= 4 is 29.1 Å². The summed E-state index contributed by atoms with van der Waals surface area (Å²) in [5.41, 5.74) is 5.82. The summed E-state index contributed by atoms with van der Waals surface area (Å²) in [5, 5.41) is 8.96. The summed E-state index contributed by atoms with van der Waals surface area (Å²) >= 11 is 5.93. The Bertz CT molecular complexity index is 583. The number of carbonyl (C=O) groups is 1. The molecule has 0 spiro atoms. The molecule has 7 nitrogen and oxygen atoms in total. The lowest BCUT2D eigenvalue weighted by molar-refractivity contribution is 0.101. The fraction of sp³-hybridized carbons (Fsp3) is 0.100. The number of nitrogen functional groups attached to an aromatic ring is 1. The van der Waals surface area contributed by atoms with Crippen LogP contribution in [0.4, 0.5) is 11.6 Å². The van der Waals surface area contributed by atoms with Gasteiger partial charge in [0.05, 0.1) is 12.1 Å². The first-order valence-corrected chi connectivity index (χ1v) is 5.30. The van der Waals surface area contributed by atoms with Crippen molar-refractivity contribution in [2.45, 2.75) is 0 Å². The van der Waals surface area contributed by atoms with Crippen molar-refractivity contribution in [3.63, 3.8) is 0 Å². The predicted octanol–water partition coefficient (Wildman–Crippen LogP) is 1.30. The van der Waals surface area contributed by atoms with Crippen LogP contribution in [0.2, 0.25) is 5.02 Å². The molecular formula is C10H10ClN5O2. The number of methoxy groups -OCH3 is 1. The average Bonchev–Trinajstić information content (AvgIpc) is 2.76. The molecule has 1 amide bonds. The van der Waals surface area contributed by atoms with Crippen molar-refractivity contribution in [1.29, 1.82) is 0 Å². The monoisotopic (exact) mass is 267 g/mol. The fourth-order valence-corrected chi connectivity index (χ4v) is 1.57. The maximum atomic E-state index is 11.7. The highest BCUT2D eigenvalue weighted by Crippen LogP contribution is 2.27. The lowest BCUT2D eigenvalue weighted by atomic mass is 10.3. The van der Waals surface area contributed by atoms with Gasteiger partial charge in [0, 0.05) is 5.69 Å². The summed E-state index contributed by atoms with van der Waals surface area (Å²) in [6.07, 6.45) is 0. The van der Waals surface area contributed by atoms with Gasteiger partial charge >= 0.3 is 0 Å². The summed E-state index contributed by atoms with van der Waals surface area (Å²) in [5.74, 6) is 0.103. The van der Waals surface area contributed by atoms with Gasteiger partial charge in [0.2, 0.25) is 11.8 Å². The number of amides is 1. The molecule has 0 aliphatic rings. The number of aromatic amines is 1. The van der Waals surface area contributed by atoms with Crippen molar-refractivity contribution in [2.75, 3.05) is 18.2 Å². The number of hydrogen-bond acceptors (Lipinski definition) is 5. The SMILES string of the molecule is COc1ccc(NC(=O)c2nc(N)n[nH]2)cc1Cl. The zero-order valence-electron chi connectivity index (χ0n) is 9.40. The third-order valence-electron chi connectivity index (χ3n) is 2.13. The first kappa shape index (κ1) is 12.2. The Hall–Kier alpha value is -2.28. The molecule has 0 fully saturated rings. The number of carbonyl (C=O) groups excluding carboxylic acids is 1. The number of benzene rings is 1. The van der Waals surface area contributed by atoms with Gasteiger partial charge < -0.3 is 15.8 Å². The number of nitrogens with two attached hydrogens (primary N) is 1. The fourth-order valence-electron chi connectivity index (χ4n) is 1.31. The number of hydrogen-bond donors (Lipinski definition) is 3. The summed E-state index contributed by atoms with van der Waals surface area (Å²) < 4.78 is 5.00. The first-order chi connectivity index (χ1) is 8.60. The van der Waals surface area contributed by atoms with E-state index in [4.69, 9.17) is 22.1 Å². The molecule has 0 unspecified atom stereocenters. The molecule has 0 aliphatic heterocycles. The van der Waals surface area contributed by atoms with Crippen molar-refractivity contribution in [1.82, 2.24) is 15.2 Å². The van der Waals surface area contributed by atoms with Crippen molar-refractivity contribution in [2.24, 2.45) is 0 Å². The lowest BCUT2D eigenvalue weighted by Gasteiger charge is -2.06. The Balaban J connectivity index is 2.14. The maximum absolute atomic E-state index is 11.7. The molecule has 1 aromatic carbocycles. The first-order valence-electron chi connectivity index (χ1n) is 4.93. The average molecular weight is 268 g/mol. The number of halogens is 1. The van der Waals surface area contributed by atoms with Gasteiger partial charge in [0.1, 0.15) is 5.75 Å². The maximum Gasteiger partial charge on any atom is 0.293 e. The van der Waals surface area contributed by atoms with E-state index in [0.29, 0.717) is 16.5 Å². The van der Waals surface area contributed by atoms with Gasteiger partial charge in [-0.2, -0.15) is 4.98 Å². The smallest absolute Gasteiger partial charge is 0.293 e.